The minimum Gasteiger partial charge on any atom is -0.369 e. The molecule has 4 rings (SSSR count). The molecule has 1 heterocycles. The molecule has 1 aliphatic heterocycles. The molecule has 5 nitrogen and oxygen atoms in total. The second-order valence-corrected chi connectivity index (χ2v) is 9.04. The highest BCUT2D eigenvalue weighted by atomic mass is 16.2. The number of aryl methyl sites for hydroxylation is 1. The van der Waals surface area contributed by atoms with E-state index < -0.39 is 0 Å². The molecule has 1 atom stereocenters. The molecule has 0 saturated carbocycles. The number of amides is 2. The summed E-state index contributed by atoms with van der Waals surface area (Å²) < 4.78 is 0. The van der Waals surface area contributed by atoms with Gasteiger partial charge in [0.25, 0.3) is 5.91 Å². The Kier molecular flexibility index (Phi) is 7.31. The molecular weight excluding hydrogens is 422 g/mol. The highest BCUT2D eigenvalue weighted by Gasteiger charge is 2.27. The molecule has 1 N–H and O–H groups in total. The van der Waals surface area contributed by atoms with Crippen molar-refractivity contribution in [1.29, 1.82) is 0 Å². The summed E-state index contributed by atoms with van der Waals surface area (Å²) in [5, 5.41) is 2.99. The van der Waals surface area contributed by atoms with Gasteiger partial charge in [0.15, 0.2) is 0 Å². The van der Waals surface area contributed by atoms with Gasteiger partial charge in [-0.3, -0.25) is 9.59 Å². The lowest BCUT2D eigenvalue weighted by Crippen LogP contribution is -2.37. The van der Waals surface area contributed by atoms with Gasteiger partial charge in [-0.25, -0.2) is 0 Å². The molecule has 2 amide bonds. The summed E-state index contributed by atoms with van der Waals surface area (Å²) in [6.45, 7) is 5.54. The van der Waals surface area contributed by atoms with Crippen LogP contribution in [0.4, 0.5) is 11.4 Å². The van der Waals surface area contributed by atoms with Gasteiger partial charge in [0.1, 0.15) is 0 Å². The lowest BCUT2D eigenvalue weighted by atomic mass is 10.0. The van der Waals surface area contributed by atoms with E-state index in [9.17, 15) is 9.59 Å². The number of rotatable bonds is 7. The third-order valence-corrected chi connectivity index (χ3v) is 6.67. The van der Waals surface area contributed by atoms with E-state index in [4.69, 9.17) is 0 Å². The van der Waals surface area contributed by atoms with Crippen LogP contribution in [-0.4, -0.2) is 42.9 Å². The molecule has 0 bridgehead atoms. The Balaban J connectivity index is 1.35. The number of nitrogens with zero attached hydrogens (tertiary/aromatic N) is 2. The first kappa shape index (κ1) is 23.6. The Labute approximate surface area is 202 Å². The number of carbonyl (C=O) groups is 2. The Hall–Kier alpha value is -3.60. The van der Waals surface area contributed by atoms with E-state index >= 15 is 0 Å². The fraction of sp³-hybridized carbons (Fsp3) is 0.310. The summed E-state index contributed by atoms with van der Waals surface area (Å²) in [6, 6.07) is 24.5. The summed E-state index contributed by atoms with van der Waals surface area (Å²) in [5.74, 6) is -0.0234. The number of likely N-dealkylation sites (N-methyl/N-ethyl adjacent to an activating group) is 1. The van der Waals surface area contributed by atoms with Crippen molar-refractivity contribution in [2.45, 2.75) is 39.2 Å². The number of anilines is 2. The van der Waals surface area contributed by atoms with E-state index in [1.54, 1.807) is 6.92 Å². The first-order chi connectivity index (χ1) is 16.4. The SMILES string of the molecule is CCCc1ccc(-c2ccc(C(=O)Nc3ccc(N4CCC(N(C)C(C)=O)C4)cc3)cc2)cc1. The highest BCUT2D eigenvalue weighted by Crippen LogP contribution is 2.25. The van der Waals surface area contributed by atoms with Crippen LogP contribution in [0.1, 0.15) is 42.6 Å². The van der Waals surface area contributed by atoms with Crippen LogP contribution < -0.4 is 10.2 Å². The van der Waals surface area contributed by atoms with Crippen molar-refractivity contribution in [2.75, 3.05) is 30.4 Å². The second-order valence-electron chi connectivity index (χ2n) is 9.04. The molecule has 1 saturated heterocycles. The third kappa shape index (κ3) is 5.48. The van der Waals surface area contributed by atoms with Gasteiger partial charge in [0, 0.05) is 44.0 Å². The zero-order valence-electron chi connectivity index (χ0n) is 20.3. The maximum Gasteiger partial charge on any atom is 0.255 e. The Morgan fingerprint density at radius 1 is 0.941 bits per heavy atom. The predicted molar refractivity (Wildman–Crippen MR) is 139 cm³/mol. The van der Waals surface area contributed by atoms with Crippen LogP contribution in [0.2, 0.25) is 0 Å². The van der Waals surface area contributed by atoms with Crippen molar-refractivity contribution >= 4 is 23.2 Å². The first-order valence-corrected chi connectivity index (χ1v) is 12.0. The Morgan fingerprint density at radius 2 is 1.56 bits per heavy atom. The summed E-state index contributed by atoms with van der Waals surface area (Å²) in [7, 11) is 1.87. The smallest absolute Gasteiger partial charge is 0.255 e. The lowest BCUT2D eigenvalue weighted by Gasteiger charge is -2.24. The number of hydrogen-bond acceptors (Lipinski definition) is 3. The van der Waals surface area contributed by atoms with Gasteiger partial charge in [0.05, 0.1) is 6.04 Å². The Morgan fingerprint density at radius 3 is 2.15 bits per heavy atom. The van der Waals surface area contributed by atoms with Crippen molar-refractivity contribution < 1.29 is 9.59 Å². The van der Waals surface area contributed by atoms with Gasteiger partial charge in [0.2, 0.25) is 5.91 Å². The quantitative estimate of drug-likeness (QED) is 0.503. The maximum absolute atomic E-state index is 12.7. The average Bonchev–Trinajstić information content (AvgIpc) is 3.35. The van der Waals surface area contributed by atoms with Gasteiger partial charge in [-0.05, 0) is 65.9 Å². The van der Waals surface area contributed by atoms with Crippen LogP contribution in [0, 0.1) is 0 Å². The van der Waals surface area contributed by atoms with Gasteiger partial charge in [-0.15, -0.1) is 0 Å². The van der Waals surface area contributed by atoms with Crippen LogP contribution in [0.15, 0.2) is 72.8 Å². The molecule has 5 heteroatoms. The monoisotopic (exact) mass is 455 g/mol. The van der Waals surface area contributed by atoms with Crippen molar-refractivity contribution in [2.24, 2.45) is 0 Å². The van der Waals surface area contributed by atoms with Crippen molar-refractivity contribution in [1.82, 2.24) is 4.90 Å². The molecule has 0 radical (unpaired) electrons. The summed E-state index contributed by atoms with van der Waals surface area (Å²) in [4.78, 5) is 28.5. The van der Waals surface area contributed by atoms with Crippen LogP contribution in [0.25, 0.3) is 11.1 Å². The molecule has 34 heavy (non-hydrogen) atoms. The number of carbonyl (C=O) groups excluding carboxylic acids is 2. The molecule has 0 spiro atoms. The summed E-state index contributed by atoms with van der Waals surface area (Å²) >= 11 is 0. The van der Waals surface area contributed by atoms with E-state index in [0.717, 1.165) is 54.9 Å². The van der Waals surface area contributed by atoms with Gasteiger partial charge in [-0.2, -0.15) is 0 Å². The molecule has 1 fully saturated rings. The van der Waals surface area contributed by atoms with E-state index in [1.807, 2.05) is 60.5 Å². The third-order valence-electron chi connectivity index (χ3n) is 6.67. The van der Waals surface area contributed by atoms with Crippen LogP contribution in [-0.2, 0) is 11.2 Å². The molecule has 176 valence electrons. The normalized spacial score (nSPS) is 15.3. The first-order valence-electron chi connectivity index (χ1n) is 12.0. The zero-order valence-corrected chi connectivity index (χ0v) is 20.3. The Bertz CT molecular complexity index is 1120. The topological polar surface area (TPSA) is 52.7 Å². The van der Waals surface area contributed by atoms with E-state index in [0.29, 0.717) is 5.56 Å². The van der Waals surface area contributed by atoms with E-state index in [1.165, 1.54) is 5.56 Å². The second kappa shape index (κ2) is 10.6. The van der Waals surface area contributed by atoms with Gasteiger partial charge in [-0.1, -0.05) is 49.7 Å². The molecule has 3 aromatic rings. The highest BCUT2D eigenvalue weighted by molar-refractivity contribution is 6.04. The fourth-order valence-electron chi connectivity index (χ4n) is 4.48. The minimum atomic E-state index is -0.123. The molecule has 0 aliphatic carbocycles. The standard InChI is InChI=1S/C29H33N3O2/c1-4-5-22-6-8-23(9-7-22)24-10-12-25(13-11-24)29(34)30-26-14-16-27(17-15-26)32-19-18-28(20-32)31(3)21(2)33/h6-17,28H,4-5,18-20H2,1-3H3,(H,30,34). The largest absolute Gasteiger partial charge is 0.369 e. The summed E-state index contributed by atoms with van der Waals surface area (Å²) in [5.41, 5.74) is 6.10. The lowest BCUT2D eigenvalue weighted by molar-refractivity contribution is -0.129. The molecule has 0 aromatic heterocycles. The van der Waals surface area contributed by atoms with Crippen molar-refractivity contribution in [3.8, 4) is 11.1 Å². The maximum atomic E-state index is 12.7. The number of benzene rings is 3. The molecule has 1 unspecified atom stereocenters. The van der Waals surface area contributed by atoms with Gasteiger partial charge >= 0.3 is 0 Å². The number of hydrogen-bond donors (Lipinski definition) is 1. The van der Waals surface area contributed by atoms with Crippen LogP contribution in [0.3, 0.4) is 0 Å². The number of nitrogens with one attached hydrogen (secondary N) is 1. The zero-order chi connectivity index (χ0) is 24.1. The minimum absolute atomic E-state index is 0.0998. The van der Waals surface area contributed by atoms with E-state index in [-0.39, 0.29) is 17.9 Å². The molecular formula is C29H33N3O2. The molecule has 1 aliphatic rings. The van der Waals surface area contributed by atoms with Crippen molar-refractivity contribution in [3.05, 3.63) is 83.9 Å². The van der Waals surface area contributed by atoms with Gasteiger partial charge < -0.3 is 15.1 Å². The van der Waals surface area contributed by atoms with Crippen LogP contribution >= 0.6 is 0 Å². The average molecular weight is 456 g/mol. The van der Waals surface area contributed by atoms with E-state index in [2.05, 4.69) is 41.4 Å². The summed E-state index contributed by atoms with van der Waals surface area (Å²) in [6.07, 6.45) is 3.20. The molecule has 3 aromatic carbocycles. The predicted octanol–water partition coefficient (Wildman–Crippen LogP) is 5.62. The fourth-order valence-corrected chi connectivity index (χ4v) is 4.48. The van der Waals surface area contributed by atoms with Crippen molar-refractivity contribution in [3.63, 3.8) is 0 Å². The van der Waals surface area contributed by atoms with Crippen LogP contribution in [0.5, 0.6) is 0 Å².